The Balaban J connectivity index is 1.81. The van der Waals surface area contributed by atoms with E-state index in [9.17, 15) is 10.1 Å². The number of hydrogen-bond acceptors (Lipinski definition) is 6. The lowest BCUT2D eigenvalue weighted by atomic mass is 10.1. The third-order valence-electron chi connectivity index (χ3n) is 4.03. The molecule has 0 atom stereocenters. The summed E-state index contributed by atoms with van der Waals surface area (Å²) in [5, 5.41) is 13.3. The molecule has 0 fully saturated rings. The van der Waals surface area contributed by atoms with Crippen molar-refractivity contribution in [2.24, 2.45) is 5.92 Å². The van der Waals surface area contributed by atoms with Crippen LogP contribution in [-0.2, 0) is 0 Å². The van der Waals surface area contributed by atoms with Crippen LogP contribution in [0.1, 0.15) is 34.6 Å². The van der Waals surface area contributed by atoms with E-state index in [1.165, 1.54) is 11.3 Å². The molecule has 0 radical (unpaired) electrons. The van der Waals surface area contributed by atoms with Gasteiger partial charge >= 0.3 is 0 Å². The molecule has 0 unspecified atom stereocenters. The molecule has 0 amide bonds. The molecule has 1 aromatic heterocycles. The van der Waals surface area contributed by atoms with E-state index in [2.05, 4.69) is 25.2 Å². The molecule has 0 bridgehead atoms. The number of nitrogens with two attached hydrogens (primary N) is 1. The van der Waals surface area contributed by atoms with E-state index in [0.29, 0.717) is 39.2 Å². The Kier molecular flexibility index (Phi) is 5.97. The summed E-state index contributed by atoms with van der Waals surface area (Å²) >= 11 is 1.22. The first-order chi connectivity index (χ1) is 13.5. The van der Waals surface area contributed by atoms with E-state index < -0.39 is 0 Å². The second kappa shape index (κ2) is 8.59. The van der Waals surface area contributed by atoms with E-state index in [1.54, 1.807) is 24.3 Å². The molecule has 0 saturated carbocycles. The van der Waals surface area contributed by atoms with Gasteiger partial charge in [0.1, 0.15) is 33.0 Å². The predicted octanol–water partition coefficient (Wildman–Crippen LogP) is 5.29. The number of benzene rings is 2. The smallest absolute Gasteiger partial charge is 0.205 e. The van der Waals surface area contributed by atoms with E-state index >= 15 is 0 Å². The third kappa shape index (κ3) is 4.33. The molecular weight excluding hydrogens is 370 g/mol. The van der Waals surface area contributed by atoms with Crippen LogP contribution in [0.5, 0.6) is 11.5 Å². The van der Waals surface area contributed by atoms with Gasteiger partial charge < -0.3 is 15.8 Å². The number of ketones is 1. The number of carbonyl (C=O) groups excluding carboxylic acids is 1. The lowest BCUT2D eigenvalue weighted by Crippen LogP contribution is -2.07. The number of anilines is 2. The summed E-state index contributed by atoms with van der Waals surface area (Å²) in [5.74, 6) is 1.57. The number of ether oxygens (including phenoxy) is 1. The molecule has 3 N–H and O–H groups in total. The topological polar surface area (TPSA) is 88.1 Å². The summed E-state index contributed by atoms with van der Waals surface area (Å²) in [5.41, 5.74) is 7.15. The number of nitrogen functional groups attached to an aromatic ring is 1. The van der Waals surface area contributed by atoms with Crippen molar-refractivity contribution < 1.29 is 9.53 Å². The highest BCUT2D eigenvalue weighted by molar-refractivity contribution is 7.19. The largest absolute Gasteiger partial charge is 0.457 e. The fourth-order valence-electron chi connectivity index (χ4n) is 2.57. The summed E-state index contributed by atoms with van der Waals surface area (Å²) in [6.45, 7) is 4.84. The Morgan fingerprint density at radius 3 is 2.39 bits per heavy atom. The monoisotopic (exact) mass is 391 g/mol. The fourth-order valence-corrected chi connectivity index (χ4v) is 3.61. The van der Waals surface area contributed by atoms with Crippen LogP contribution >= 0.6 is 11.3 Å². The minimum absolute atomic E-state index is 0.206. The number of thiophene rings is 1. The zero-order valence-electron chi connectivity index (χ0n) is 15.7. The lowest BCUT2D eigenvalue weighted by molar-refractivity contribution is 0.104. The van der Waals surface area contributed by atoms with Crippen LogP contribution in [0.4, 0.5) is 10.7 Å². The Labute approximate surface area is 168 Å². The van der Waals surface area contributed by atoms with Crippen molar-refractivity contribution in [3.05, 3.63) is 70.6 Å². The van der Waals surface area contributed by atoms with Crippen molar-refractivity contribution in [3.8, 4) is 17.6 Å². The van der Waals surface area contributed by atoms with Crippen LogP contribution in [-0.4, -0.2) is 12.3 Å². The van der Waals surface area contributed by atoms with Gasteiger partial charge in [0.2, 0.25) is 5.78 Å². The van der Waals surface area contributed by atoms with E-state index in [0.717, 1.165) is 5.75 Å². The summed E-state index contributed by atoms with van der Waals surface area (Å²) in [7, 11) is 0. The first-order valence-electron chi connectivity index (χ1n) is 8.93. The van der Waals surface area contributed by atoms with Crippen molar-refractivity contribution in [1.82, 2.24) is 0 Å². The molecule has 0 spiro atoms. The van der Waals surface area contributed by atoms with Gasteiger partial charge in [-0.2, -0.15) is 5.26 Å². The maximum absolute atomic E-state index is 12.9. The molecular formula is C22H21N3O2S. The van der Waals surface area contributed by atoms with Gasteiger partial charge in [0.05, 0.1) is 5.69 Å². The Hall–Kier alpha value is -3.30. The second-order valence-electron chi connectivity index (χ2n) is 6.70. The van der Waals surface area contributed by atoms with Gasteiger partial charge in [0.25, 0.3) is 0 Å². The molecule has 0 aliphatic rings. The molecule has 1 heterocycles. The van der Waals surface area contributed by atoms with Crippen LogP contribution < -0.4 is 15.8 Å². The van der Waals surface area contributed by atoms with Crippen LogP contribution in [0.2, 0.25) is 0 Å². The Morgan fingerprint density at radius 1 is 1.14 bits per heavy atom. The minimum Gasteiger partial charge on any atom is -0.457 e. The average Bonchev–Trinajstić information content (AvgIpc) is 3.02. The first-order valence-corrected chi connectivity index (χ1v) is 9.75. The normalized spacial score (nSPS) is 10.5. The van der Waals surface area contributed by atoms with Crippen molar-refractivity contribution >= 4 is 27.8 Å². The van der Waals surface area contributed by atoms with E-state index in [1.807, 2.05) is 30.3 Å². The lowest BCUT2D eigenvalue weighted by Gasteiger charge is -2.06. The van der Waals surface area contributed by atoms with Crippen LogP contribution in [0.25, 0.3) is 0 Å². The molecule has 28 heavy (non-hydrogen) atoms. The van der Waals surface area contributed by atoms with Gasteiger partial charge in [-0.05, 0) is 42.3 Å². The number of para-hydroxylation sites is 1. The number of nitrogens with zero attached hydrogens (tertiary/aromatic N) is 1. The predicted molar refractivity (Wildman–Crippen MR) is 113 cm³/mol. The van der Waals surface area contributed by atoms with Crippen LogP contribution in [0.15, 0.2) is 54.6 Å². The van der Waals surface area contributed by atoms with Crippen molar-refractivity contribution in [2.75, 3.05) is 17.6 Å². The number of hydrogen-bond donors (Lipinski definition) is 2. The third-order valence-corrected chi connectivity index (χ3v) is 5.19. The maximum atomic E-state index is 12.9. The van der Waals surface area contributed by atoms with Crippen LogP contribution in [0.3, 0.4) is 0 Å². The quantitative estimate of drug-likeness (QED) is 0.534. The Bertz CT molecular complexity index is 1000. The Morgan fingerprint density at radius 2 is 1.79 bits per heavy atom. The van der Waals surface area contributed by atoms with Gasteiger partial charge in [-0.25, -0.2) is 0 Å². The van der Waals surface area contributed by atoms with Crippen molar-refractivity contribution in [2.45, 2.75) is 13.8 Å². The number of rotatable bonds is 7. The molecule has 142 valence electrons. The van der Waals surface area contributed by atoms with Gasteiger partial charge in [0.15, 0.2) is 0 Å². The standard InChI is InChI=1S/C22H21N3O2S/c1-14(2)13-25-22-18(12-23)19(24)21(28-22)20(26)15-8-10-17(11-9-15)27-16-6-4-3-5-7-16/h3-11,14,25H,13,24H2,1-2H3. The molecule has 0 aliphatic heterocycles. The zero-order chi connectivity index (χ0) is 20.1. The summed E-state index contributed by atoms with van der Waals surface area (Å²) < 4.78 is 5.75. The van der Waals surface area contributed by atoms with Crippen molar-refractivity contribution in [3.63, 3.8) is 0 Å². The fraction of sp³-hybridized carbons (Fsp3) is 0.182. The SMILES string of the molecule is CC(C)CNc1sc(C(=O)c2ccc(Oc3ccccc3)cc2)c(N)c1C#N. The maximum Gasteiger partial charge on any atom is 0.205 e. The molecule has 0 saturated heterocycles. The molecule has 5 nitrogen and oxygen atoms in total. The summed E-state index contributed by atoms with van der Waals surface area (Å²) in [6.07, 6.45) is 0. The molecule has 2 aromatic carbocycles. The number of carbonyl (C=O) groups is 1. The van der Waals surface area contributed by atoms with Crippen molar-refractivity contribution in [1.29, 1.82) is 5.26 Å². The van der Waals surface area contributed by atoms with E-state index in [4.69, 9.17) is 10.5 Å². The molecule has 6 heteroatoms. The molecule has 3 rings (SSSR count). The van der Waals surface area contributed by atoms with Crippen LogP contribution in [0, 0.1) is 17.2 Å². The van der Waals surface area contributed by atoms with Gasteiger partial charge in [-0.3, -0.25) is 4.79 Å². The highest BCUT2D eigenvalue weighted by atomic mass is 32.1. The van der Waals surface area contributed by atoms with Gasteiger partial charge in [0, 0.05) is 12.1 Å². The second-order valence-corrected chi connectivity index (χ2v) is 7.72. The zero-order valence-corrected chi connectivity index (χ0v) is 16.5. The number of nitriles is 1. The number of nitrogens with one attached hydrogen (secondary N) is 1. The highest BCUT2D eigenvalue weighted by Crippen LogP contribution is 2.37. The van der Waals surface area contributed by atoms with Gasteiger partial charge in [-0.1, -0.05) is 32.0 Å². The molecule has 3 aromatic rings. The average molecular weight is 391 g/mol. The minimum atomic E-state index is -0.206. The van der Waals surface area contributed by atoms with E-state index in [-0.39, 0.29) is 11.5 Å². The van der Waals surface area contributed by atoms with Gasteiger partial charge in [-0.15, -0.1) is 11.3 Å². The summed E-state index contributed by atoms with van der Waals surface area (Å²) in [4.78, 5) is 13.3. The molecule has 0 aliphatic carbocycles. The summed E-state index contributed by atoms with van der Waals surface area (Å²) in [6, 6.07) is 18.4. The first kappa shape index (κ1) is 19.5. The highest BCUT2D eigenvalue weighted by Gasteiger charge is 2.22.